The van der Waals surface area contributed by atoms with E-state index in [9.17, 15) is 14.4 Å². The molecule has 0 aromatic heterocycles. The van der Waals surface area contributed by atoms with Crippen LogP contribution in [-0.4, -0.2) is 31.4 Å². The Morgan fingerprint density at radius 3 is 2.22 bits per heavy atom. The van der Waals surface area contributed by atoms with Crippen molar-refractivity contribution in [3.05, 3.63) is 59.7 Å². The van der Waals surface area contributed by atoms with Crippen LogP contribution in [0.25, 0.3) is 0 Å². The second-order valence-corrected chi connectivity index (χ2v) is 6.43. The number of esters is 1. The van der Waals surface area contributed by atoms with Crippen LogP contribution in [0.2, 0.25) is 0 Å². The number of hydrogen-bond donors (Lipinski definition) is 1. The van der Waals surface area contributed by atoms with Gasteiger partial charge in [0, 0.05) is 18.3 Å². The lowest BCUT2D eigenvalue weighted by molar-refractivity contribution is -0.120. The highest BCUT2D eigenvalue weighted by Gasteiger charge is 2.18. The first-order valence-corrected chi connectivity index (χ1v) is 8.68. The fraction of sp³-hybridized carbons (Fsp3) is 0.286. The van der Waals surface area contributed by atoms with Crippen LogP contribution >= 0.6 is 0 Å². The van der Waals surface area contributed by atoms with Crippen molar-refractivity contribution in [1.29, 1.82) is 0 Å². The molecule has 0 saturated heterocycles. The fourth-order valence-electron chi connectivity index (χ4n) is 2.73. The number of anilines is 2. The van der Waals surface area contributed by atoms with E-state index in [0.29, 0.717) is 11.3 Å². The average molecular weight is 368 g/mol. The summed E-state index contributed by atoms with van der Waals surface area (Å²) in [6.45, 7) is 5.37. The summed E-state index contributed by atoms with van der Waals surface area (Å²) >= 11 is 0. The molecule has 6 nitrogen and oxygen atoms in total. The molecule has 142 valence electrons. The number of amides is 2. The first-order chi connectivity index (χ1) is 12.8. The van der Waals surface area contributed by atoms with Crippen LogP contribution in [0.4, 0.5) is 11.4 Å². The van der Waals surface area contributed by atoms with E-state index in [2.05, 4.69) is 23.9 Å². The van der Waals surface area contributed by atoms with Gasteiger partial charge in [0.2, 0.25) is 11.8 Å². The number of nitrogens with zero attached hydrogens (tertiary/aromatic N) is 1. The Balaban J connectivity index is 2.15. The van der Waals surface area contributed by atoms with Crippen molar-refractivity contribution in [1.82, 2.24) is 0 Å². The van der Waals surface area contributed by atoms with E-state index in [1.807, 2.05) is 24.3 Å². The Hall–Kier alpha value is -3.15. The summed E-state index contributed by atoms with van der Waals surface area (Å²) in [7, 11) is 1.30. The van der Waals surface area contributed by atoms with Crippen LogP contribution in [0.1, 0.15) is 42.6 Å². The van der Waals surface area contributed by atoms with Crippen LogP contribution < -0.4 is 10.2 Å². The second kappa shape index (κ2) is 8.98. The third kappa shape index (κ3) is 5.17. The lowest BCUT2D eigenvalue weighted by atomic mass is 10.0. The number of ether oxygens (including phenoxy) is 1. The molecular weight excluding hydrogens is 344 g/mol. The van der Waals surface area contributed by atoms with Gasteiger partial charge in [0.05, 0.1) is 12.7 Å². The predicted octanol–water partition coefficient (Wildman–Crippen LogP) is 3.59. The van der Waals surface area contributed by atoms with Gasteiger partial charge < -0.3 is 15.0 Å². The molecule has 0 aliphatic carbocycles. The van der Waals surface area contributed by atoms with E-state index >= 15 is 0 Å². The van der Waals surface area contributed by atoms with Crippen molar-refractivity contribution in [2.75, 3.05) is 23.9 Å². The maximum atomic E-state index is 12.5. The number of para-hydroxylation sites is 1. The van der Waals surface area contributed by atoms with Crippen LogP contribution in [0, 0.1) is 0 Å². The van der Waals surface area contributed by atoms with Crippen molar-refractivity contribution >= 4 is 29.2 Å². The van der Waals surface area contributed by atoms with E-state index in [0.717, 1.165) is 11.3 Å². The quantitative estimate of drug-likeness (QED) is 0.791. The zero-order valence-electron chi connectivity index (χ0n) is 16.0. The molecular formula is C21H24N2O4. The van der Waals surface area contributed by atoms with Gasteiger partial charge in [-0.2, -0.15) is 0 Å². The summed E-state index contributed by atoms with van der Waals surface area (Å²) in [4.78, 5) is 37.4. The minimum Gasteiger partial charge on any atom is -0.465 e. The Morgan fingerprint density at radius 2 is 1.67 bits per heavy atom. The topological polar surface area (TPSA) is 75.7 Å². The smallest absolute Gasteiger partial charge is 0.337 e. The summed E-state index contributed by atoms with van der Waals surface area (Å²) in [6, 6.07) is 13.9. The van der Waals surface area contributed by atoms with Crippen molar-refractivity contribution in [2.24, 2.45) is 0 Å². The molecule has 0 saturated carbocycles. The lowest BCUT2D eigenvalue weighted by Crippen LogP contribution is -2.36. The summed E-state index contributed by atoms with van der Waals surface area (Å²) in [5, 5.41) is 2.88. The number of rotatable bonds is 6. The van der Waals surface area contributed by atoms with Crippen LogP contribution in [0.15, 0.2) is 48.5 Å². The standard InChI is InChI=1S/C21H24N2O4/c1-14(2)18-7-5-6-8-19(18)22-20(25)13-23(15(3)24)17-11-9-16(10-12-17)21(26)27-4/h5-12,14H,13H2,1-4H3,(H,22,25). The first-order valence-electron chi connectivity index (χ1n) is 8.68. The van der Waals surface area contributed by atoms with E-state index in [1.165, 1.54) is 18.9 Å². The van der Waals surface area contributed by atoms with Crippen LogP contribution in [-0.2, 0) is 14.3 Å². The summed E-state index contributed by atoms with van der Waals surface area (Å²) in [5.41, 5.74) is 2.67. The van der Waals surface area contributed by atoms with Gasteiger partial charge in [-0.1, -0.05) is 32.0 Å². The molecule has 27 heavy (non-hydrogen) atoms. The van der Waals surface area contributed by atoms with Gasteiger partial charge in [0.1, 0.15) is 6.54 Å². The van der Waals surface area contributed by atoms with Gasteiger partial charge in [-0.25, -0.2) is 4.79 Å². The normalized spacial score (nSPS) is 10.4. The predicted molar refractivity (Wildman–Crippen MR) is 105 cm³/mol. The van der Waals surface area contributed by atoms with Gasteiger partial charge in [-0.15, -0.1) is 0 Å². The van der Waals surface area contributed by atoms with Gasteiger partial charge in [-0.05, 0) is 41.8 Å². The Morgan fingerprint density at radius 1 is 1.04 bits per heavy atom. The molecule has 2 aromatic rings. The maximum Gasteiger partial charge on any atom is 0.337 e. The molecule has 0 spiro atoms. The Labute approximate surface area is 159 Å². The van der Waals surface area contributed by atoms with E-state index in [4.69, 9.17) is 0 Å². The second-order valence-electron chi connectivity index (χ2n) is 6.43. The van der Waals surface area contributed by atoms with Crippen molar-refractivity contribution in [3.63, 3.8) is 0 Å². The first kappa shape index (κ1) is 20.2. The molecule has 0 bridgehead atoms. The molecule has 0 fully saturated rings. The minimum absolute atomic E-state index is 0.126. The molecule has 2 rings (SSSR count). The third-order valence-electron chi connectivity index (χ3n) is 4.14. The molecule has 0 aliphatic heterocycles. The number of carbonyl (C=O) groups excluding carboxylic acids is 3. The van der Waals surface area contributed by atoms with E-state index in [-0.39, 0.29) is 24.3 Å². The lowest BCUT2D eigenvalue weighted by Gasteiger charge is -2.21. The number of hydrogen-bond acceptors (Lipinski definition) is 4. The molecule has 2 aromatic carbocycles. The van der Waals surface area contributed by atoms with E-state index < -0.39 is 5.97 Å². The fourth-order valence-corrected chi connectivity index (χ4v) is 2.73. The van der Waals surface area contributed by atoms with Crippen molar-refractivity contribution in [3.8, 4) is 0 Å². The zero-order chi connectivity index (χ0) is 20.0. The third-order valence-corrected chi connectivity index (χ3v) is 4.14. The highest BCUT2D eigenvalue weighted by atomic mass is 16.5. The number of methoxy groups -OCH3 is 1. The number of benzene rings is 2. The highest BCUT2D eigenvalue weighted by Crippen LogP contribution is 2.24. The molecule has 0 heterocycles. The number of nitrogens with one attached hydrogen (secondary N) is 1. The van der Waals surface area contributed by atoms with Gasteiger partial charge in [0.25, 0.3) is 0 Å². The van der Waals surface area contributed by atoms with Crippen molar-refractivity contribution < 1.29 is 19.1 Å². The van der Waals surface area contributed by atoms with Crippen molar-refractivity contribution in [2.45, 2.75) is 26.7 Å². The molecule has 0 radical (unpaired) electrons. The molecule has 0 atom stereocenters. The SMILES string of the molecule is COC(=O)c1ccc(N(CC(=O)Nc2ccccc2C(C)C)C(C)=O)cc1. The number of carbonyl (C=O) groups is 3. The highest BCUT2D eigenvalue weighted by molar-refractivity contribution is 6.02. The molecule has 0 aliphatic rings. The zero-order valence-corrected chi connectivity index (χ0v) is 16.0. The monoisotopic (exact) mass is 368 g/mol. The summed E-state index contributed by atoms with van der Waals surface area (Å²) in [5.74, 6) is -0.765. The summed E-state index contributed by atoms with van der Waals surface area (Å²) in [6.07, 6.45) is 0. The maximum absolute atomic E-state index is 12.5. The van der Waals surface area contributed by atoms with Crippen LogP contribution in [0.5, 0.6) is 0 Å². The summed E-state index contributed by atoms with van der Waals surface area (Å²) < 4.78 is 4.66. The molecule has 2 amide bonds. The van der Waals surface area contributed by atoms with E-state index in [1.54, 1.807) is 24.3 Å². The van der Waals surface area contributed by atoms with Gasteiger partial charge in [0.15, 0.2) is 0 Å². The molecule has 0 unspecified atom stereocenters. The van der Waals surface area contributed by atoms with Gasteiger partial charge in [-0.3, -0.25) is 9.59 Å². The average Bonchev–Trinajstić information content (AvgIpc) is 2.65. The van der Waals surface area contributed by atoms with Gasteiger partial charge >= 0.3 is 5.97 Å². The Bertz CT molecular complexity index is 828. The Kier molecular flexibility index (Phi) is 6.71. The molecule has 1 N–H and O–H groups in total. The largest absolute Gasteiger partial charge is 0.465 e. The minimum atomic E-state index is -0.459. The van der Waals surface area contributed by atoms with Crippen LogP contribution in [0.3, 0.4) is 0 Å². The molecule has 6 heteroatoms.